The summed E-state index contributed by atoms with van der Waals surface area (Å²) in [6.07, 6.45) is 0.436. The smallest absolute Gasteiger partial charge is 0.359 e. The van der Waals surface area contributed by atoms with Crippen LogP contribution < -0.4 is 0 Å². The van der Waals surface area contributed by atoms with Crippen molar-refractivity contribution in [2.45, 2.75) is 49.6 Å². The number of nitrogens with zero attached hydrogens (tertiary/aromatic N) is 6. The molecule has 0 aliphatic carbocycles. The molecule has 2 N–H and O–H groups in total. The Kier molecular flexibility index (Phi) is 13.4. The number of benzene rings is 4. The molecule has 9 heterocycles. The van der Waals surface area contributed by atoms with Crippen LogP contribution in [0.5, 0.6) is 0 Å². The lowest BCUT2D eigenvalue weighted by Crippen LogP contribution is -2.26. The van der Waals surface area contributed by atoms with Crippen LogP contribution in [0.15, 0.2) is 121 Å². The number of halogens is 4. The van der Waals surface area contributed by atoms with Crippen LogP contribution in [0.1, 0.15) is 99.5 Å². The van der Waals surface area contributed by atoms with Crippen LogP contribution in [-0.2, 0) is 44.9 Å². The minimum Gasteiger partial charge on any atom is -0.465 e. The van der Waals surface area contributed by atoms with Gasteiger partial charge in [0, 0.05) is 88.1 Å². The molecule has 13 rings (SSSR count). The average Bonchev–Trinajstić information content (AvgIpc) is 4.54. The van der Waals surface area contributed by atoms with E-state index in [9.17, 15) is 19.2 Å². The molecule has 16 nitrogen and oxygen atoms in total. The van der Waals surface area contributed by atoms with Gasteiger partial charge in [0.15, 0.2) is 11.4 Å². The molecule has 0 unspecified atom stereocenters. The fraction of sp³-hybridized carbons (Fsp3) is 0.194. The highest BCUT2D eigenvalue weighted by Crippen LogP contribution is 2.53. The Morgan fingerprint density at radius 2 is 0.671 bits per heavy atom. The third kappa shape index (κ3) is 8.74. The minimum absolute atomic E-state index is 0.0252. The van der Waals surface area contributed by atoms with Gasteiger partial charge in [-0.15, -0.1) is 0 Å². The number of nitrogens with one attached hydrogen (secondary N) is 2. The number of H-pyrrole nitrogens is 2. The third-order valence-electron chi connectivity index (χ3n) is 16.1. The minimum atomic E-state index is -0.775. The number of ether oxygens (including phenoxy) is 4. The second kappa shape index (κ2) is 20.8. The average molecular weight is 1170 g/mol. The normalized spacial score (nSPS) is 16.8. The summed E-state index contributed by atoms with van der Waals surface area (Å²) >= 11 is 26.6. The summed E-state index contributed by atoms with van der Waals surface area (Å²) in [5.41, 5.74) is 12.5. The van der Waals surface area contributed by atoms with E-state index in [0.29, 0.717) is 76.3 Å². The highest BCUT2D eigenvalue weighted by atomic mass is 35.5. The zero-order chi connectivity index (χ0) is 56.8. The quantitative estimate of drug-likeness (QED) is 0.108. The molecule has 4 aliphatic rings. The Balaban J connectivity index is 1.21. The van der Waals surface area contributed by atoms with Gasteiger partial charge in [-0.2, -0.15) is 10.2 Å². The number of methoxy groups -OCH3 is 4. The van der Waals surface area contributed by atoms with Crippen LogP contribution in [0.25, 0.3) is 66.6 Å². The summed E-state index contributed by atoms with van der Waals surface area (Å²) in [6, 6.07) is 38.4. The monoisotopic (exact) mass is 1170 g/mol. The van der Waals surface area contributed by atoms with Crippen LogP contribution in [0.3, 0.4) is 0 Å². The highest BCUT2D eigenvalue weighted by molar-refractivity contribution is 6.31. The van der Waals surface area contributed by atoms with Crippen molar-refractivity contribution in [1.29, 1.82) is 0 Å². The molecule has 410 valence electrons. The van der Waals surface area contributed by atoms with E-state index in [-0.39, 0.29) is 48.4 Å². The molecule has 0 spiro atoms. The summed E-state index contributed by atoms with van der Waals surface area (Å²) in [4.78, 5) is 74.0. The van der Waals surface area contributed by atoms with Gasteiger partial charge in [-0.25, -0.2) is 19.2 Å². The maximum absolute atomic E-state index is 13.8. The Labute approximate surface area is 487 Å². The van der Waals surface area contributed by atoms with Crippen molar-refractivity contribution >= 4 is 92.3 Å². The predicted octanol–water partition coefficient (Wildman–Crippen LogP) is 13.4. The molecule has 8 bridgehead atoms. The van der Waals surface area contributed by atoms with Crippen molar-refractivity contribution in [3.8, 4) is 44.5 Å². The van der Waals surface area contributed by atoms with Crippen LogP contribution in [0.2, 0.25) is 20.1 Å². The van der Waals surface area contributed by atoms with Gasteiger partial charge in [-0.3, -0.25) is 19.3 Å². The lowest BCUT2D eigenvalue weighted by atomic mass is 9.79. The maximum Gasteiger partial charge on any atom is 0.359 e. The van der Waals surface area contributed by atoms with Gasteiger partial charge in [-0.05, 0) is 108 Å². The Morgan fingerprint density at radius 3 is 0.939 bits per heavy atom. The van der Waals surface area contributed by atoms with Gasteiger partial charge >= 0.3 is 23.9 Å². The maximum atomic E-state index is 13.8. The number of hydrogen-bond acceptors (Lipinski definition) is 12. The first kappa shape index (κ1) is 52.8. The van der Waals surface area contributed by atoms with Crippen molar-refractivity contribution in [2.24, 2.45) is 0 Å². The largest absolute Gasteiger partial charge is 0.465 e. The molecule has 9 aromatic rings. The Bertz CT molecular complexity index is 4040. The van der Waals surface area contributed by atoms with Gasteiger partial charge in [0.05, 0.1) is 75.7 Å². The van der Waals surface area contributed by atoms with Crippen LogP contribution in [0.4, 0.5) is 0 Å². The third-order valence-corrected chi connectivity index (χ3v) is 17.1. The Hall–Kier alpha value is -8.54. The summed E-state index contributed by atoms with van der Waals surface area (Å²) in [5, 5.41) is 11.7. The summed E-state index contributed by atoms with van der Waals surface area (Å²) in [5.74, 6) is -4.68. The van der Waals surface area contributed by atoms with Gasteiger partial charge < -0.3 is 28.9 Å². The number of aromatic amines is 2. The fourth-order valence-corrected chi connectivity index (χ4v) is 12.9. The molecular formula is C62H46Cl4N8O8. The molecule has 4 aliphatic heterocycles. The topological polar surface area (TPSA) is 198 Å². The van der Waals surface area contributed by atoms with E-state index in [1.165, 1.54) is 28.4 Å². The highest BCUT2D eigenvalue weighted by Gasteiger charge is 2.46. The second-order valence-corrected chi connectivity index (χ2v) is 22.1. The van der Waals surface area contributed by atoms with Gasteiger partial charge in [-0.1, -0.05) is 94.9 Å². The lowest BCUT2D eigenvalue weighted by Gasteiger charge is -2.29. The standard InChI is InChI=1S/C62H46Cl4N8O8/c1-79-59(75)51-45-25-37-39(27-73(45)71-57(51)61(77)81-3)55-49(31-9-17-35(65)18-10-31)43-24-22-42(68-43)48(30-7-15-34(64)16-8-30)54-38-26-46-52(60(76)80-2)58(62(78)82-4)72-74(46)28-40(38)56(70-54)50(32-11-19-36(66)20-12-32)44-23-21-41(67-44)47(53(37)69-55)29-5-13-33(63)14-6-29/h5-24,37-40,67-68H,25-28H2,1-4H3/t37-,38-,39+,40+/m0/s1. The van der Waals surface area contributed by atoms with Crippen molar-refractivity contribution < 1.29 is 38.1 Å². The van der Waals surface area contributed by atoms with Gasteiger partial charge in [0.1, 0.15) is 11.1 Å². The first-order valence-electron chi connectivity index (χ1n) is 26.1. The van der Waals surface area contributed by atoms with E-state index in [0.717, 1.165) is 44.5 Å². The predicted molar refractivity (Wildman–Crippen MR) is 311 cm³/mol. The lowest BCUT2D eigenvalue weighted by molar-refractivity contribution is 0.0551. The molecule has 5 aromatic heterocycles. The van der Waals surface area contributed by atoms with Crippen molar-refractivity contribution in [3.05, 3.63) is 198 Å². The van der Waals surface area contributed by atoms with Crippen molar-refractivity contribution in [3.63, 3.8) is 0 Å². The Morgan fingerprint density at radius 1 is 0.402 bits per heavy atom. The zero-order valence-electron chi connectivity index (χ0n) is 44.1. The summed E-state index contributed by atoms with van der Waals surface area (Å²) < 4.78 is 24.4. The number of fused-ring (bicyclic) bond motifs is 16. The van der Waals surface area contributed by atoms with Crippen LogP contribution in [0, 0.1) is 0 Å². The summed E-state index contributed by atoms with van der Waals surface area (Å²) in [6.45, 7) is 0.406. The summed E-state index contributed by atoms with van der Waals surface area (Å²) in [7, 11) is 5.03. The van der Waals surface area contributed by atoms with Gasteiger partial charge in [0.2, 0.25) is 0 Å². The fourth-order valence-electron chi connectivity index (χ4n) is 12.4. The molecule has 0 saturated carbocycles. The van der Waals surface area contributed by atoms with Gasteiger partial charge in [0.25, 0.3) is 0 Å². The molecular weight excluding hydrogens is 1130 g/mol. The number of aromatic nitrogens is 8. The van der Waals surface area contributed by atoms with E-state index < -0.39 is 47.5 Å². The van der Waals surface area contributed by atoms with E-state index in [4.69, 9.17) is 85.5 Å². The molecule has 0 radical (unpaired) electrons. The van der Waals surface area contributed by atoms with Crippen LogP contribution in [-0.4, -0.2) is 91.8 Å². The molecule has 82 heavy (non-hydrogen) atoms. The van der Waals surface area contributed by atoms with Crippen LogP contribution >= 0.6 is 46.4 Å². The van der Waals surface area contributed by atoms with E-state index in [1.54, 1.807) is 9.36 Å². The van der Waals surface area contributed by atoms with E-state index >= 15 is 0 Å². The molecule has 4 atom stereocenters. The number of hydrogen-bond donors (Lipinski definition) is 2. The zero-order valence-corrected chi connectivity index (χ0v) is 47.2. The van der Waals surface area contributed by atoms with Crippen molar-refractivity contribution in [1.82, 2.24) is 39.5 Å². The molecule has 0 saturated heterocycles. The van der Waals surface area contributed by atoms with E-state index in [1.807, 2.05) is 121 Å². The number of carbonyl (C=O) groups is 4. The van der Waals surface area contributed by atoms with Crippen molar-refractivity contribution in [2.75, 3.05) is 28.4 Å². The molecule has 20 heteroatoms. The first-order valence-corrected chi connectivity index (χ1v) is 27.6. The first-order chi connectivity index (χ1) is 39.7. The number of rotatable bonds is 8. The number of esters is 4. The SMILES string of the molecule is COC(=O)c1nn2c(c1C(=O)OC)C[C@@H]1c3nc(c(-c4ccc(Cl)cc4)c4ccc([nH]4)c(-c4ccc(Cl)cc4)c4nc(c(-c5ccc(Cl)cc5)c5ccc([nH]5)c3-c3ccc(Cl)cc3)[C@@H]3Cn5nc(C(=O)OC)c(C(=O)OC)c5C[C@H]43)[C@@H]1C2. The molecule has 0 amide bonds. The molecule has 4 aromatic carbocycles. The van der Waals surface area contributed by atoms with E-state index in [2.05, 4.69) is 9.97 Å². The number of carbonyl (C=O) groups excluding carboxylic acids is 4. The molecule has 0 fully saturated rings. The second-order valence-electron chi connectivity index (χ2n) is 20.4.